The van der Waals surface area contributed by atoms with Gasteiger partial charge < -0.3 is 29.8 Å². The van der Waals surface area contributed by atoms with E-state index >= 15 is 0 Å². The highest BCUT2D eigenvalue weighted by Gasteiger charge is 2.21. The largest absolute Gasteiger partial charge is 0.508 e. The second-order valence-electron chi connectivity index (χ2n) is 8.03. The van der Waals surface area contributed by atoms with Crippen molar-refractivity contribution in [1.29, 1.82) is 0 Å². The van der Waals surface area contributed by atoms with Gasteiger partial charge in [-0.15, -0.1) is 0 Å². The highest BCUT2D eigenvalue weighted by molar-refractivity contribution is 6.00. The number of hydrogen-bond acceptors (Lipinski definition) is 8. The van der Waals surface area contributed by atoms with Gasteiger partial charge >= 0.3 is 5.97 Å². The number of nitrogens with zero attached hydrogens (tertiary/aromatic N) is 2. The van der Waals surface area contributed by atoms with E-state index in [2.05, 4.69) is 5.16 Å². The molecule has 178 valence electrons. The van der Waals surface area contributed by atoms with Crippen molar-refractivity contribution in [3.8, 4) is 11.5 Å². The molecular weight excluding hydrogens is 428 g/mol. The number of aliphatic hydroxyl groups is 1. The van der Waals surface area contributed by atoms with Crippen LogP contribution < -0.4 is 0 Å². The minimum absolute atomic E-state index is 0.0206. The summed E-state index contributed by atoms with van der Waals surface area (Å²) >= 11 is 0. The Bertz CT molecular complexity index is 933. The normalized spacial score (nSPS) is 23.2. The zero-order chi connectivity index (χ0) is 23.6. The average Bonchev–Trinajstić information content (AvgIpc) is 2.78. The molecule has 1 aromatic carbocycles. The Morgan fingerprint density at radius 2 is 1.97 bits per heavy atom. The van der Waals surface area contributed by atoms with E-state index < -0.39 is 17.8 Å². The minimum Gasteiger partial charge on any atom is -0.508 e. The fraction of sp³-hybridized carbons (Fsp3) is 0.458. The van der Waals surface area contributed by atoms with Crippen LogP contribution in [-0.4, -0.2) is 70.2 Å². The SMILES string of the molecule is O=C1OCC/C=C/C(O)C/C=C/C(=N/OCC(=O)N2CCCCC2)Cc2cc(O)cc(O)c21. The summed E-state index contributed by atoms with van der Waals surface area (Å²) < 4.78 is 5.23. The summed E-state index contributed by atoms with van der Waals surface area (Å²) in [6.45, 7) is 1.26. The second-order valence-corrected chi connectivity index (χ2v) is 8.03. The van der Waals surface area contributed by atoms with E-state index in [0.717, 1.165) is 25.3 Å². The molecule has 0 radical (unpaired) electrons. The van der Waals surface area contributed by atoms with Crippen LogP contribution in [0.3, 0.4) is 0 Å². The number of hydrogen-bond donors (Lipinski definition) is 3. The third-order valence-electron chi connectivity index (χ3n) is 5.40. The molecule has 1 aromatic rings. The summed E-state index contributed by atoms with van der Waals surface area (Å²) in [5.41, 5.74) is 0.563. The number of likely N-dealkylation sites (tertiary alicyclic amines) is 1. The van der Waals surface area contributed by atoms with Crippen molar-refractivity contribution in [2.45, 2.75) is 44.6 Å². The van der Waals surface area contributed by atoms with Gasteiger partial charge in [0, 0.05) is 25.6 Å². The predicted molar refractivity (Wildman–Crippen MR) is 121 cm³/mol. The average molecular weight is 459 g/mol. The first-order chi connectivity index (χ1) is 15.9. The van der Waals surface area contributed by atoms with Crippen LogP contribution in [0, 0.1) is 0 Å². The van der Waals surface area contributed by atoms with Crippen molar-refractivity contribution >= 4 is 17.6 Å². The number of phenols is 2. The molecule has 1 atom stereocenters. The number of piperidine rings is 1. The Hall–Kier alpha value is -3.33. The summed E-state index contributed by atoms with van der Waals surface area (Å²) in [6, 6.07) is 2.42. The molecule has 3 N–H and O–H groups in total. The number of phenolic OH excluding ortho intramolecular Hbond substituents is 2. The standard InChI is InChI=1S/C24H30N2O7/c27-19-8-2-5-12-32-24(31)23-17(14-20(28)15-21(23)29)13-18(7-6-9-19)25-33-16-22(30)26-10-3-1-4-11-26/h2,6-8,14-15,19,27-29H,1,3-5,9-13,16H2/b7-6+,8-2+,25-18-. The fourth-order valence-electron chi connectivity index (χ4n) is 3.73. The van der Waals surface area contributed by atoms with E-state index in [1.165, 1.54) is 6.07 Å². The first-order valence-corrected chi connectivity index (χ1v) is 11.1. The van der Waals surface area contributed by atoms with Gasteiger partial charge in [-0.05, 0) is 49.8 Å². The summed E-state index contributed by atoms with van der Waals surface area (Å²) in [4.78, 5) is 32.0. The number of rotatable bonds is 3. The predicted octanol–water partition coefficient (Wildman–Crippen LogP) is 2.45. The van der Waals surface area contributed by atoms with Crippen LogP contribution in [-0.2, 0) is 20.8 Å². The number of aliphatic hydroxyl groups excluding tert-OH is 1. The van der Waals surface area contributed by atoms with Gasteiger partial charge in [-0.25, -0.2) is 4.79 Å². The lowest BCUT2D eigenvalue weighted by Gasteiger charge is -2.26. The highest BCUT2D eigenvalue weighted by Crippen LogP contribution is 2.29. The number of oxime groups is 1. The molecule has 2 aliphatic heterocycles. The number of amides is 1. The van der Waals surface area contributed by atoms with Crippen LogP contribution in [0.5, 0.6) is 11.5 Å². The molecule has 1 fully saturated rings. The van der Waals surface area contributed by atoms with Gasteiger partial charge in [0.05, 0.1) is 18.4 Å². The molecule has 2 aliphatic rings. The zero-order valence-corrected chi connectivity index (χ0v) is 18.5. The Morgan fingerprint density at radius 3 is 2.76 bits per heavy atom. The van der Waals surface area contributed by atoms with E-state index in [0.29, 0.717) is 37.2 Å². The minimum atomic E-state index is -0.738. The molecule has 33 heavy (non-hydrogen) atoms. The third-order valence-corrected chi connectivity index (χ3v) is 5.40. The molecule has 0 spiro atoms. The van der Waals surface area contributed by atoms with Gasteiger partial charge in [0.2, 0.25) is 0 Å². The summed E-state index contributed by atoms with van der Waals surface area (Å²) in [6.07, 6.45) is 9.72. The van der Waals surface area contributed by atoms with Crippen LogP contribution in [0.4, 0.5) is 0 Å². The number of carbonyl (C=O) groups excluding carboxylic acids is 2. The van der Waals surface area contributed by atoms with Crippen LogP contribution >= 0.6 is 0 Å². The number of aromatic hydroxyl groups is 2. The number of ether oxygens (including phenoxy) is 1. The van der Waals surface area contributed by atoms with Crippen molar-refractivity contribution in [3.63, 3.8) is 0 Å². The van der Waals surface area contributed by atoms with Crippen molar-refractivity contribution in [2.75, 3.05) is 26.3 Å². The summed E-state index contributed by atoms with van der Waals surface area (Å²) in [5, 5.41) is 34.3. The van der Waals surface area contributed by atoms with Crippen LogP contribution in [0.15, 0.2) is 41.6 Å². The first-order valence-electron chi connectivity index (χ1n) is 11.1. The van der Waals surface area contributed by atoms with E-state index in [4.69, 9.17) is 9.57 Å². The molecular formula is C24H30N2O7. The van der Waals surface area contributed by atoms with Gasteiger partial charge in [-0.3, -0.25) is 4.79 Å². The summed E-state index contributed by atoms with van der Waals surface area (Å²) in [7, 11) is 0. The van der Waals surface area contributed by atoms with E-state index in [1.54, 1.807) is 29.2 Å². The Labute approximate surface area is 192 Å². The smallest absolute Gasteiger partial charge is 0.342 e. The topological polar surface area (TPSA) is 129 Å². The highest BCUT2D eigenvalue weighted by atomic mass is 16.6. The number of cyclic esters (lactones) is 1. The van der Waals surface area contributed by atoms with Gasteiger partial charge in [0.15, 0.2) is 6.61 Å². The number of fused-ring (bicyclic) bond motifs is 1. The third kappa shape index (κ3) is 7.35. The van der Waals surface area contributed by atoms with E-state index in [9.17, 15) is 24.9 Å². The van der Waals surface area contributed by atoms with E-state index in [1.807, 2.05) is 0 Å². The quantitative estimate of drug-likeness (QED) is 0.360. The number of allylic oxidation sites excluding steroid dienone is 1. The molecule has 0 saturated carbocycles. The maximum atomic E-state index is 12.6. The molecule has 1 unspecified atom stereocenters. The lowest BCUT2D eigenvalue weighted by atomic mass is 9.99. The lowest BCUT2D eigenvalue weighted by Crippen LogP contribution is -2.37. The molecule has 2 heterocycles. The second kappa shape index (κ2) is 12.1. The summed E-state index contributed by atoms with van der Waals surface area (Å²) in [5.74, 6) is -1.51. The number of esters is 1. The van der Waals surface area contributed by atoms with Crippen molar-refractivity contribution in [2.24, 2.45) is 5.16 Å². The molecule has 3 rings (SSSR count). The van der Waals surface area contributed by atoms with Crippen molar-refractivity contribution in [3.05, 3.63) is 47.6 Å². The van der Waals surface area contributed by atoms with Gasteiger partial charge in [-0.2, -0.15) is 0 Å². The monoisotopic (exact) mass is 458 g/mol. The Balaban J connectivity index is 1.83. The van der Waals surface area contributed by atoms with Crippen LogP contribution in [0.25, 0.3) is 0 Å². The van der Waals surface area contributed by atoms with Gasteiger partial charge in [0.1, 0.15) is 17.1 Å². The Kier molecular flexibility index (Phi) is 8.88. The van der Waals surface area contributed by atoms with Crippen LogP contribution in [0.2, 0.25) is 0 Å². The zero-order valence-electron chi connectivity index (χ0n) is 18.5. The molecule has 1 amide bonds. The van der Waals surface area contributed by atoms with Crippen molar-refractivity contribution < 1.29 is 34.5 Å². The van der Waals surface area contributed by atoms with Gasteiger partial charge in [-0.1, -0.05) is 23.4 Å². The lowest BCUT2D eigenvalue weighted by molar-refractivity contribution is -0.137. The molecule has 1 saturated heterocycles. The molecule has 0 aliphatic carbocycles. The van der Waals surface area contributed by atoms with Crippen LogP contribution in [0.1, 0.15) is 48.0 Å². The Morgan fingerprint density at radius 1 is 1.18 bits per heavy atom. The maximum Gasteiger partial charge on any atom is 0.342 e. The van der Waals surface area contributed by atoms with Crippen molar-refractivity contribution in [1.82, 2.24) is 4.90 Å². The van der Waals surface area contributed by atoms with Gasteiger partial charge in [0.25, 0.3) is 5.91 Å². The van der Waals surface area contributed by atoms with E-state index in [-0.39, 0.29) is 36.9 Å². The number of carbonyl (C=O) groups is 2. The maximum absolute atomic E-state index is 12.6. The molecule has 9 heteroatoms. The molecule has 0 aromatic heterocycles. The first kappa shape index (κ1) is 24.3. The number of benzene rings is 1. The molecule has 9 nitrogen and oxygen atoms in total. The fourth-order valence-corrected chi connectivity index (χ4v) is 3.73. The molecule has 0 bridgehead atoms.